The number of thiophene rings is 1. The third-order valence-electron chi connectivity index (χ3n) is 4.24. The zero-order valence-electron chi connectivity index (χ0n) is 11.9. The van der Waals surface area contributed by atoms with Gasteiger partial charge in [0.1, 0.15) is 0 Å². The van der Waals surface area contributed by atoms with Crippen LogP contribution in [0.2, 0.25) is 4.34 Å². The van der Waals surface area contributed by atoms with Gasteiger partial charge in [-0.2, -0.15) is 0 Å². The van der Waals surface area contributed by atoms with E-state index in [9.17, 15) is 0 Å². The van der Waals surface area contributed by atoms with Gasteiger partial charge in [-0.15, -0.1) is 11.3 Å². The minimum Gasteiger partial charge on any atom is -0.326 e. The first kappa shape index (κ1) is 15.3. The summed E-state index contributed by atoms with van der Waals surface area (Å²) >= 11 is 7.76. The second-order valence-corrected chi connectivity index (χ2v) is 7.43. The van der Waals surface area contributed by atoms with Gasteiger partial charge in [0.05, 0.1) is 10.4 Å². The van der Waals surface area contributed by atoms with E-state index >= 15 is 0 Å². The Labute approximate surface area is 125 Å². The van der Waals surface area contributed by atoms with Crippen molar-refractivity contribution in [2.24, 2.45) is 11.7 Å². The molecule has 0 saturated carbocycles. The largest absolute Gasteiger partial charge is 0.326 e. The number of rotatable bonds is 4. The molecule has 2 nitrogen and oxygen atoms in total. The molecule has 0 amide bonds. The molecule has 0 radical (unpaired) electrons. The van der Waals surface area contributed by atoms with Crippen molar-refractivity contribution >= 4 is 22.9 Å². The molecule has 1 aromatic heterocycles. The molecule has 4 heteroatoms. The molecule has 0 bridgehead atoms. The Balaban J connectivity index is 2.11. The molecule has 19 heavy (non-hydrogen) atoms. The van der Waals surface area contributed by atoms with E-state index in [1.165, 1.54) is 37.1 Å². The summed E-state index contributed by atoms with van der Waals surface area (Å²) in [5.74, 6) is 0.894. The maximum atomic E-state index is 6.25. The van der Waals surface area contributed by atoms with E-state index in [0.29, 0.717) is 6.04 Å². The average Bonchev–Trinajstić information content (AvgIpc) is 2.65. The summed E-state index contributed by atoms with van der Waals surface area (Å²) in [4.78, 5) is 3.89. The lowest BCUT2D eigenvalue weighted by Gasteiger charge is -2.32. The lowest BCUT2D eigenvalue weighted by molar-refractivity contribution is 0.183. The highest BCUT2D eigenvalue weighted by atomic mass is 35.5. The van der Waals surface area contributed by atoms with Crippen LogP contribution >= 0.6 is 22.9 Å². The fourth-order valence-corrected chi connectivity index (χ4v) is 4.44. The molecule has 1 aliphatic heterocycles. The molecule has 0 aromatic carbocycles. The molecule has 3 atom stereocenters. The van der Waals surface area contributed by atoms with Crippen molar-refractivity contribution < 1.29 is 0 Å². The van der Waals surface area contributed by atoms with Gasteiger partial charge in [0.15, 0.2) is 0 Å². The van der Waals surface area contributed by atoms with E-state index in [0.717, 1.165) is 16.8 Å². The van der Waals surface area contributed by atoms with Gasteiger partial charge in [0.2, 0.25) is 0 Å². The van der Waals surface area contributed by atoms with Crippen LogP contribution in [0.5, 0.6) is 0 Å². The maximum Gasteiger partial charge on any atom is 0.0931 e. The SMILES string of the molecule is CCC1CCCN(C(c2ccc(Cl)s2)C(C)N)CC1. The van der Waals surface area contributed by atoms with Crippen molar-refractivity contribution in [1.29, 1.82) is 0 Å². The van der Waals surface area contributed by atoms with E-state index in [-0.39, 0.29) is 6.04 Å². The molecule has 1 saturated heterocycles. The van der Waals surface area contributed by atoms with Gasteiger partial charge < -0.3 is 5.73 Å². The third kappa shape index (κ3) is 3.94. The molecular weight excluding hydrogens is 276 g/mol. The molecule has 2 rings (SSSR count). The molecule has 3 unspecified atom stereocenters. The first-order valence-electron chi connectivity index (χ1n) is 7.36. The second-order valence-electron chi connectivity index (χ2n) is 5.69. The van der Waals surface area contributed by atoms with Gasteiger partial charge in [0, 0.05) is 10.9 Å². The van der Waals surface area contributed by atoms with Crippen LogP contribution in [0, 0.1) is 5.92 Å². The van der Waals surface area contributed by atoms with Gasteiger partial charge >= 0.3 is 0 Å². The maximum absolute atomic E-state index is 6.25. The standard InChI is InChI=1S/C15H25ClN2S/c1-3-12-5-4-9-18(10-8-12)15(11(2)17)13-6-7-14(16)19-13/h6-7,11-12,15H,3-5,8-10,17H2,1-2H3. The predicted molar refractivity (Wildman–Crippen MR) is 84.9 cm³/mol. The first-order chi connectivity index (χ1) is 9.11. The molecule has 108 valence electrons. The Bertz CT molecular complexity index is 391. The monoisotopic (exact) mass is 300 g/mol. The normalized spacial score (nSPS) is 24.9. The number of hydrogen-bond donors (Lipinski definition) is 1. The minimum atomic E-state index is 0.146. The van der Waals surface area contributed by atoms with Gasteiger partial charge in [-0.3, -0.25) is 4.90 Å². The number of nitrogens with two attached hydrogens (primary N) is 1. The first-order valence-corrected chi connectivity index (χ1v) is 8.56. The van der Waals surface area contributed by atoms with Crippen LogP contribution in [0.3, 0.4) is 0 Å². The molecule has 1 aromatic rings. The van der Waals surface area contributed by atoms with E-state index in [4.69, 9.17) is 17.3 Å². The second kappa shape index (κ2) is 7.07. The fourth-order valence-electron chi connectivity index (χ4n) is 3.13. The van der Waals surface area contributed by atoms with Crippen LogP contribution in [-0.4, -0.2) is 24.0 Å². The number of likely N-dealkylation sites (tertiary alicyclic amines) is 1. The number of hydrogen-bond acceptors (Lipinski definition) is 3. The molecule has 0 spiro atoms. The molecule has 0 aliphatic carbocycles. The predicted octanol–water partition coefficient (Wildman–Crippen LogP) is 4.30. The quantitative estimate of drug-likeness (QED) is 0.898. The summed E-state index contributed by atoms with van der Waals surface area (Å²) in [6.07, 6.45) is 5.27. The van der Waals surface area contributed by atoms with Gasteiger partial charge in [-0.1, -0.05) is 24.9 Å². The van der Waals surface area contributed by atoms with Gasteiger partial charge in [-0.05, 0) is 57.3 Å². The highest BCUT2D eigenvalue weighted by Crippen LogP contribution is 2.34. The highest BCUT2D eigenvalue weighted by Gasteiger charge is 2.27. The van der Waals surface area contributed by atoms with E-state index in [1.54, 1.807) is 11.3 Å². The Morgan fingerprint density at radius 1 is 1.42 bits per heavy atom. The molecular formula is C15H25ClN2S. The zero-order valence-corrected chi connectivity index (χ0v) is 13.5. The fraction of sp³-hybridized carbons (Fsp3) is 0.733. The van der Waals surface area contributed by atoms with Crippen molar-refractivity contribution in [2.75, 3.05) is 13.1 Å². The summed E-state index contributed by atoms with van der Waals surface area (Å²) < 4.78 is 0.863. The van der Waals surface area contributed by atoms with Crippen molar-refractivity contribution in [2.45, 2.75) is 51.6 Å². The van der Waals surface area contributed by atoms with Gasteiger partial charge in [-0.25, -0.2) is 0 Å². The Hall–Kier alpha value is -0.0900. The van der Waals surface area contributed by atoms with Crippen molar-refractivity contribution in [3.8, 4) is 0 Å². The summed E-state index contributed by atoms with van der Waals surface area (Å²) in [7, 11) is 0. The van der Waals surface area contributed by atoms with E-state index < -0.39 is 0 Å². The molecule has 2 heterocycles. The molecule has 2 N–H and O–H groups in total. The summed E-state index contributed by atoms with van der Waals surface area (Å²) in [6, 6.07) is 4.60. The van der Waals surface area contributed by atoms with Crippen LogP contribution < -0.4 is 5.73 Å². The lowest BCUT2D eigenvalue weighted by Crippen LogP contribution is -2.39. The van der Waals surface area contributed by atoms with Crippen molar-refractivity contribution in [3.63, 3.8) is 0 Å². The molecule has 1 aliphatic rings. The van der Waals surface area contributed by atoms with Crippen LogP contribution in [0.25, 0.3) is 0 Å². The van der Waals surface area contributed by atoms with Crippen molar-refractivity contribution in [3.05, 3.63) is 21.3 Å². The zero-order chi connectivity index (χ0) is 13.8. The minimum absolute atomic E-state index is 0.146. The highest BCUT2D eigenvalue weighted by molar-refractivity contribution is 7.16. The van der Waals surface area contributed by atoms with Crippen LogP contribution in [0.1, 0.15) is 50.4 Å². The Kier molecular flexibility index (Phi) is 5.70. The van der Waals surface area contributed by atoms with E-state index in [2.05, 4.69) is 24.8 Å². The average molecular weight is 301 g/mol. The molecule has 1 fully saturated rings. The number of nitrogens with zero attached hydrogens (tertiary/aromatic N) is 1. The Morgan fingerprint density at radius 2 is 2.21 bits per heavy atom. The van der Waals surface area contributed by atoms with Crippen molar-refractivity contribution in [1.82, 2.24) is 4.90 Å². The smallest absolute Gasteiger partial charge is 0.0931 e. The number of halogens is 1. The van der Waals surface area contributed by atoms with Crippen LogP contribution in [0.15, 0.2) is 12.1 Å². The summed E-state index contributed by atoms with van der Waals surface area (Å²) in [6.45, 7) is 6.75. The van der Waals surface area contributed by atoms with Crippen LogP contribution in [0.4, 0.5) is 0 Å². The lowest BCUT2D eigenvalue weighted by atomic mass is 9.98. The summed E-state index contributed by atoms with van der Waals surface area (Å²) in [5.41, 5.74) is 6.25. The Morgan fingerprint density at radius 3 is 2.79 bits per heavy atom. The third-order valence-corrected chi connectivity index (χ3v) is 5.54. The van der Waals surface area contributed by atoms with Gasteiger partial charge in [0.25, 0.3) is 0 Å². The van der Waals surface area contributed by atoms with Crippen LogP contribution in [-0.2, 0) is 0 Å². The van der Waals surface area contributed by atoms with E-state index in [1.807, 2.05) is 6.07 Å². The topological polar surface area (TPSA) is 29.3 Å². The summed E-state index contributed by atoms with van der Waals surface area (Å²) in [5, 5.41) is 0.